The Kier molecular flexibility index (Phi) is 2.50. The Morgan fingerprint density at radius 3 is 3.12 bits per heavy atom. The number of aryl methyl sites for hydroxylation is 1. The molecule has 17 heavy (non-hydrogen) atoms. The first-order chi connectivity index (χ1) is 8.24. The monoisotopic (exact) mass is 230 g/mol. The van der Waals surface area contributed by atoms with Gasteiger partial charge in [0.05, 0.1) is 6.20 Å². The molecule has 0 bridgehead atoms. The van der Waals surface area contributed by atoms with Gasteiger partial charge in [0.25, 0.3) is 0 Å². The van der Waals surface area contributed by atoms with Gasteiger partial charge in [-0.25, -0.2) is 4.98 Å². The van der Waals surface area contributed by atoms with Crippen LogP contribution in [0, 0.1) is 12.8 Å². The van der Waals surface area contributed by atoms with Crippen LogP contribution in [0.3, 0.4) is 0 Å². The lowest BCUT2D eigenvalue weighted by molar-refractivity contribution is 0.442. The predicted octanol–water partition coefficient (Wildman–Crippen LogP) is 2.27. The van der Waals surface area contributed by atoms with Crippen LogP contribution in [0.15, 0.2) is 18.3 Å². The van der Waals surface area contributed by atoms with Crippen LogP contribution in [0.2, 0.25) is 0 Å². The van der Waals surface area contributed by atoms with Gasteiger partial charge in [0, 0.05) is 30.9 Å². The van der Waals surface area contributed by atoms with Crippen molar-refractivity contribution in [2.24, 2.45) is 5.92 Å². The van der Waals surface area contributed by atoms with E-state index >= 15 is 0 Å². The molecular weight excluding hydrogens is 212 g/mol. The number of fused-ring (bicyclic) bond motifs is 1. The van der Waals surface area contributed by atoms with Crippen LogP contribution in [0.5, 0.6) is 0 Å². The minimum atomic E-state index is 0.767. The van der Waals surface area contributed by atoms with Gasteiger partial charge in [-0.2, -0.15) is 9.61 Å². The van der Waals surface area contributed by atoms with E-state index in [1.54, 1.807) is 0 Å². The lowest BCUT2D eigenvalue weighted by Crippen LogP contribution is -2.35. The van der Waals surface area contributed by atoms with E-state index in [2.05, 4.69) is 28.0 Å². The molecule has 0 aliphatic carbocycles. The van der Waals surface area contributed by atoms with Gasteiger partial charge >= 0.3 is 0 Å². The van der Waals surface area contributed by atoms with Crippen molar-refractivity contribution in [1.82, 2.24) is 14.6 Å². The Labute approximate surface area is 101 Å². The van der Waals surface area contributed by atoms with Crippen molar-refractivity contribution in [2.45, 2.75) is 26.7 Å². The molecule has 1 unspecified atom stereocenters. The Bertz CT molecular complexity index is 531. The second kappa shape index (κ2) is 4.02. The van der Waals surface area contributed by atoms with E-state index in [1.807, 2.05) is 23.7 Å². The number of aromatic nitrogens is 3. The molecule has 1 fully saturated rings. The normalized spacial score (nSPS) is 21.1. The highest BCUT2D eigenvalue weighted by molar-refractivity contribution is 5.50. The van der Waals surface area contributed by atoms with E-state index in [1.165, 1.54) is 18.7 Å². The molecule has 0 aromatic carbocycles. The highest BCUT2D eigenvalue weighted by atomic mass is 15.3. The van der Waals surface area contributed by atoms with Crippen molar-refractivity contribution >= 4 is 11.5 Å². The number of rotatable bonds is 1. The fraction of sp³-hybridized carbons (Fsp3) is 0.538. The molecule has 1 atom stereocenters. The fourth-order valence-electron chi connectivity index (χ4n) is 2.64. The Balaban J connectivity index is 2.06. The molecule has 4 nitrogen and oxygen atoms in total. The lowest BCUT2D eigenvalue weighted by atomic mass is 10.0. The maximum absolute atomic E-state index is 4.48. The van der Waals surface area contributed by atoms with Crippen LogP contribution in [0.4, 0.5) is 5.82 Å². The van der Waals surface area contributed by atoms with Crippen LogP contribution in [0.25, 0.3) is 5.65 Å². The van der Waals surface area contributed by atoms with E-state index in [9.17, 15) is 0 Å². The SMILES string of the molecule is Cc1cc(N2CCCC(C)C2)n2nccc2n1. The third kappa shape index (κ3) is 1.88. The highest BCUT2D eigenvalue weighted by Gasteiger charge is 2.19. The topological polar surface area (TPSA) is 33.4 Å². The first-order valence-electron chi connectivity index (χ1n) is 6.30. The fourth-order valence-corrected chi connectivity index (χ4v) is 2.64. The first-order valence-corrected chi connectivity index (χ1v) is 6.30. The summed E-state index contributed by atoms with van der Waals surface area (Å²) < 4.78 is 1.95. The molecular formula is C13H18N4. The Hall–Kier alpha value is -1.58. The summed E-state index contributed by atoms with van der Waals surface area (Å²) >= 11 is 0. The number of hydrogen-bond acceptors (Lipinski definition) is 3. The van der Waals surface area contributed by atoms with Gasteiger partial charge in [0.15, 0.2) is 5.65 Å². The summed E-state index contributed by atoms with van der Waals surface area (Å²) in [7, 11) is 0. The number of piperidine rings is 1. The van der Waals surface area contributed by atoms with E-state index < -0.39 is 0 Å². The quantitative estimate of drug-likeness (QED) is 0.753. The minimum absolute atomic E-state index is 0.767. The molecule has 1 saturated heterocycles. The molecule has 2 aromatic heterocycles. The van der Waals surface area contributed by atoms with Crippen molar-refractivity contribution in [1.29, 1.82) is 0 Å². The zero-order valence-corrected chi connectivity index (χ0v) is 10.4. The van der Waals surface area contributed by atoms with Gasteiger partial charge in [-0.3, -0.25) is 0 Å². The molecule has 0 saturated carbocycles. The van der Waals surface area contributed by atoms with Gasteiger partial charge < -0.3 is 4.90 Å². The van der Waals surface area contributed by atoms with Crippen LogP contribution in [-0.2, 0) is 0 Å². The Morgan fingerprint density at radius 1 is 1.41 bits per heavy atom. The molecule has 3 rings (SSSR count). The van der Waals surface area contributed by atoms with E-state index in [0.717, 1.165) is 30.3 Å². The largest absolute Gasteiger partial charge is 0.356 e. The maximum atomic E-state index is 4.48. The summed E-state index contributed by atoms with van der Waals surface area (Å²) in [6.07, 6.45) is 4.42. The van der Waals surface area contributed by atoms with Gasteiger partial charge in [-0.15, -0.1) is 0 Å². The molecule has 1 aliphatic heterocycles. The summed E-state index contributed by atoms with van der Waals surface area (Å²) in [4.78, 5) is 6.92. The molecule has 0 spiro atoms. The third-order valence-electron chi connectivity index (χ3n) is 3.45. The van der Waals surface area contributed by atoms with Gasteiger partial charge in [0.2, 0.25) is 0 Å². The first kappa shape index (κ1) is 10.6. The molecule has 3 heterocycles. The molecule has 0 N–H and O–H groups in total. The number of hydrogen-bond donors (Lipinski definition) is 0. The van der Waals surface area contributed by atoms with E-state index in [-0.39, 0.29) is 0 Å². The lowest BCUT2D eigenvalue weighted by Gasteiger charge is -2.32. The molecule has 1 aliphatic rings. The van der Waals surface area contributed by atoms with Gasteiger partial charge in [0.1, 0.15) is 5.82 Å². The van der Waals surface area contributed by atoms with Crippen molar-refractivity contribution < 1.29 is 0 Å². The predicted molar refractivity (Wildman–Crippen MR) is 68.3 cm³/mol. The summed E-state index contributed by atoms with van der Waals surface area (Å²) in [5, 5.41) is 4.37. The van der Waals surface area contributed by atoms with Crippen molar-refractivity contribution in [3.8, 4) is 0 Å². The Morgan fingerprint density at radius 2 is 2.29 bits per heavy atom. The van der Waals surface area contributed by atoms with Crippen LogP contribution >= 0.6 is 0 Å². The molecule has 0 amide bonds. The van der Waals surface area contributed by atoms with Crippen LogP contribution in [0.1, 0.15) is 25.5 Å². The second-order valence-electron chi connectivity index (χ2n) is 5.05. The average Bonchev–Trinajstić information content (AvgIpc) is 2.75. The summed E-state index contributed by atoms with van der Waals surface area (Å²) in [6, 6.07) is 4.10. The summed E-state index contributed by atoms with van der Waals surface area (Å²) in [6.45, 7) is 6.62. The zero-order valence-electron chi connectivity index (χ0n) is 10.4. The zero-order chi connectivity index (χ0) is 11.8. The minimum Gasteiger partial charge on any atom is -0.356 e. The third-order valence-corrected chi connectivity index (χ3v) is 3.45. The average molecular weight is 230 g/mol. The molecule has 0 radical (unpaired) electrons. The van der Waals surface area contributed by atoms with Crippen molar-refractivity contribution in [3.63, 3.8) is 0 Å². The smallest absolute Gasteiger partial charge is 0.157 e. The van der Waals surface area contributed by atoms with E-state index in [4.69, 9.17) is 0 Å². The van der Waals surface area contributed by atoms with Crippen LogP contribution in [-0.4, -0.2) is 27.7 Å². The standard InChI is InChI=1S/C13H18N4/c1-10-4-3-7-16(9-10)13-8-11(2)15-12-5-6-14-17(12)13/h5-6,8,10H,3-4,7,9H2,1-2H3. The molecule has 2 aromatic rings. The van der Waals surface area contributed by atoms with Gasteiger partial charge in [-0.1, -0.05) is 6.92 Å². The summed E-state index contributed by atoms with van der Waals surface area (Å²) in [5.41, 5.74) is 2.00. The van der Waals surface area contributed by atoms with E-state index in [0.29, 0.717) is 0 Å². The molecule has 90 valence electrons. The number of anilines is 1. The van der Waals surface area contributed by atoms with Crippen LogP contribution < -0.4 is 4.90 Å². The summed E-state index contributed by atoms with van der Waals surface area (Å²) in [5.74, 6) is 1.95. The van der Waals surface area contributed by atoms with Gasteiger partial charge in [-0.05, 0) is 25.7 Å². The highest BCUT2D eigenvalue weighted by Crippen LogP contribution is 2.23. The molecule has 4 heteroatoms. The van der Waals surface area contributed by atoms with Crippen molar-refractivity contribution in [2.75, 3.05) is 18.0 Å². The number of nitrogens with zero attached hydrogens (tertiary/aromatic N) is 4. The second-order valence-corrected chi connectivity index (χ2v) is 5.05. The maximum Gasteiger partial charge on any atom is 0.157 e. The van der Waals surface area contributed by atoms with Crippen molar-refractivity contribution in [3.05, 3.63) is 24.0 Å².